The molecule has 2 heterocycles. The van der Waals surface area contributed by atoms with Crippen LogP contribution in [-0.4, -0.2) is 40.6 Å². The normalized spacial score (nSPS) is 23.4. The molecular formula is C16H28N4. The van der Waals surface area contributed by atoms with Gasteiger partial charge in [0, 0.05) is 25.3 Å². The maximum Gasteiger partial charge on any atom is 0.0951 e. The van der Waals surface area contributed by atoms with Crippen molar-refractivity contribution < 1.29 is 0 Å². The van der Waals surface area contributed by atoms with Crippen molar-refractivity contribution in [2.24, 2.45) is 5.92 Å². The minimum Gasteiger partial charge on any atom is -0.330 e. The molecular weight excluding hydrogens is 248 g/mol. The minimum absolute atomic E-state index is 0.743. The average molecular weight is 276 g/mol. The Kier molecular flexibility index (Phi) is 4.73. The maximum atomic E-state index is 4.37. The summed E-state index contributed by atoms with van der Waals surface area (Å²) in [5, 5.41) is 3.54. The summed E-state index contributed by atoms with van der Waals surface area (Å²) in [4.78, 5) is 7.00. The predicted octanol–water partition coefficient (Wildman–Crippen LogP) is 2.43. The van der Waals surface area contributed by atoms with E-state index in [0.29, 0.717) is 0 Å². The fourth-order valence-corrected chi connectivity index (χ4v) is 3.36. The Balaban J connectivity index is 1.59. The Labute approximate surface area is 122 Å². The number of imidazole rings is 1. The maximum absolute atomic E-state index is 4.37. The van der Waals surface area contributed by atoms with Gasteiger partial charge >= 0.3 is 0 Å². The molecule has 1 aliphatic carbocycles. The van der Waals surface area contributed by atoms with Gasteiger partial charge in [-0.25, -0.2) is 4.98 Å². The molecule has 0 amide bonds. The van der Waals surface area contributed by atoms with E-state index in [1.807, 2.05) is 6.33 Å². The molecule has 1 atom stereocenters. The van der Waals surface area contributed by atoms with E-state index < -0.39 is 0 Å². The first-order valence-electron chi connectivity index (χ1n) is 8.30. The summed E-state index contributed by atoms with van der Waals surface area (Å²) in [5.74, 6) is 0.826. The van der Waals surface area contributed by atoms with E-state index in [1.54, 1.807) is 0 Å². The molecule has 20 heavy (non-hydrogen) atoms. The Morgan fingerprint density at radius 3 is 3.00 bits per heavy atom. The second-order valence-electron chi connectivity index (χ2n) is 6.47. The summed E-state index contributed by atoms with van der Waals surface area (Å²) in [6, 6.07) is 0.743. The van der Waals surface area contributed by atoms with Gasteiger partial charge in [-0.3, -0.25) is 4.90 Å². The van der Waals surface area contributed by atoms with Crippen LogP contribution < -0.4 is 5.32 Å². The van der Waals surface area contributed by atoms with Gasteiger partial charge in [0.15, 0.2) is 0 Å². The van der Waals surface area contributed by atoms with Crippen LogP contribution in [0.3, 0.4) is 0 Å². The summed E-state index contributed by atoms with van der Waals surface area (Å²) in [7, 11) is 0. The van der Waals surface area contributed by atoms with Gasteiger partial charge in [0.05, 0.1) is 12.0 Å². The van der Waals surface area contributed by atoms with E-state index in [4.69, 9.17) is 0 Å². The van der Waals surface area contributed by atoms with Gasteiger partial charge in [-0.15, -0.1) is 0 Å². The number of nitrogens with zero attached hydrogens (tertiary/aromatic N) is 3. The van der Waals surface area contributed by atoms with Gasteiger partial charge in [-0.05, 0) is 57.7 Å². The van der Waals surface area contributed by atoms with Crippen molar-refractivity contribution in [2.75, 3.05) is 26.2 Å². The molecule has 1 saturated carbocycles. The number of aromatic nitrogens is 2. The van der Waals surface area contributed by atoms with E-state index in [-0.39, 0.29) is 0 Å². The van der Waals surface area contributed by atoms with Crippen molar-refractivity contribution in [3.63, 3.8) is 0 Å². The van der Waals surface area contributed by atoms with Crippen molar-refractivity contribution in [1.29, 1.82) is 0 Å². The molecule has 1 saturated heterocycles. The van der Waals surface area contributed by atoms with Gasteiger partial charge in [0.1, 0.15) is 0 Å². The predicted molar refractivity (Wildman–Crippen MR) is 81.7 cm³/mol. The smallest absolute Gasteiger partial charge is 0.0951 e. The summed E-state index contributed by atoms with van der Waals surface area (Å²) in [5.41, 5.74) is 1.41. The molecule has 2 aliphatic rings. The molecule has 1 aliphatic heterocycles. The van der Waals surface area contributed by atoms with E-state index in [0.717, 1.165) is 18.5 Å². The highest BCUT2D eigenvalue weighted by Crippen LogP contribution is 2.35. The highest BCUT2D eigenvalue weighted by Gasteiger charge is 2.26. The number of rotatable bonds is 7. The van der Waals surface area contributed by atoms with Crippen LogP contribution in [-0.2, 0) is 6.54 Å². The first kappa shape index (κ1) is 14.1. The van der Waals surface area contributed by atoms with Crippen LogP contribution in [0.1, 0.15) is 50.8 Å². The first-order valence-corrected chi connectivity index (χ1v) is 8.30. The number of piperidine rings is 1. The molecule has 4 heteroatoms. The Morgan fingerprint density at radius 1 is 1.40 bits per heavy atom. The third kappa shape index (κ3) is 3.61. The van der Waals surface area contributed by atoms with Crippen LogP contribution in [0.5, 0.6) is 0 Å². The first-order chi connectivity index (χ1) is 9.86. The van der Waals surface area contributed by atoms with Crippen LogP contribution in [0.25, 0.3) is 0 Å². The summed E-state index contributed by atoms with van der Waals surface area (Å²) >= 11 is 0. The van der Waals surface area contributed by atoms with Gasteiger partial charge < -0.3 is 9.88 Å². The second-order valence-corrected chi connectivity index (χ2v) is 6.47. The van der Waals surface area contributed by atoms with E-state index in [1.165, 1.54) is 64.0 Å². The third-order valence-corrected chi connectivity index (χ3v) is 4.53. The molecule has 0 bridgehead atoms. The van der Waals surface area contributed by atoms with Gasteiger partial charge in [0.25, 0.3) is 0 Å². The topological polar surface area (TPSA) is 33.1 Å². The van der Waals surface area contributed by atoms with Crippen LogP contribution in [0.4, 0.5) is 0 Å². The lowest BCUT2D eigenvalue weighted by Gasteiger charge is -2.30. The number of nitrogens with one attached hydrogen (secondary N) is 1. The van der Waals surface area contributed by atoms with Crippen molar-refractivity contribution >= 4 is 0 Å². The van der Waals surface area contributed by atoms with E-state index in [9.17, 15) is 0 Å². The van der Waals surface area contributed by atoms with Gasteiger partial charge in [0.2, 0.25) is 0 Å². The van der Waals surface area contributed by atoms with Crippen LogP contribution in [0.15, 0.2) is 12.5 Å². The fraction of sp³-hybridized carbons (Fsp3) is 0.812. The lowest BCUT2D eigenvalue weighted by atomic mass is 9.99. The molecule has 1 aromatic heterocycles. The largest absolute Gasteiger partial charge is 0.330 e. The molecule has 112 valence electrons. The quantitative estimate of drug-likeness (QED) is 0.830. The lowest BCUT2D eigenvalue weighted by molar-refractivity contribution is 0.197. The van der Waals surface area contributed by atoms with Crippen molar-refractivity contribution in [1.82, 2.24) is 19.8 Å². The lowest BCUT2D eigenvalue weighted by Crippen LogP contribution is -2.38. The number of hydrogen-bond acceptors (Lipinski definition) is 3. The zero-order chi connectivity index (χ0) is 13.8. The Hall–Kier alpha value is -0.870. The van der Waals surface area contributed by atoms with Crippen LogP contribution >= 0.6 is 0 Å². The average Bonchev–Trinajstić information content (AvgIpc) is 3.21. The van der Waals surface area contributed by atoms with E-state index >= 15 is 0 Å². The van der Waals surface area contributed by atoms with Gasteiger partial charge in [-0.2, -0.15) is 0 Å². The second kappa shape index (κ2) is 6.72. The SMILES string of the molecule is CCCN(Cc1cncn1C1CC1)CC1CCCNC1. The minimum atomic E-state index is 0.743. The zero-order valence-electron chi connectivity index (χ0n) is 12.7. The molecule has 0 radical (unpaired) electrons. The monoisotopic (exact) mass is 276 g/mol. The van der Waals surface area contributed by atoms with Gasteiger partial charge in [-0.1, -0.05) is 6.92 Å². The summed E-state index contributed by atoms with van der Waals surface area (Å²) in [6.07, 6.45) is 10.7. The molecule has 1 unspecified atom stereocenters. The number of hydrogen-bond donors (Lipinski definition) is 1. The highest BCUT2D eigenvalue weighted by atomic mass is 15.2. The molecule has 1 aromatic rings. The molecule has 4 nitrogen and oxygen atoms in total. The molecule has 3 rings (SSSR count). The molecule has 2 fully saturated rings. The van der Waals surface area contributed by atoms with E-state index in [2.05, 4.69) is 32.9 Å². The fourth-order valence-electron chi connectivity index (χ4n) is 3.36. The Bertz CT molecular complexity index is 404. The molecule has 0 aromatic carbocycles. The van der Waals surface area contributed by atoms with Crippen molar-refractivity contribution in [3.8, 4) is 0 Å². The van der Waals surface area contributed by atoms with Crippen molar-refractivity contribution in [2.45, 2.75) is 51.6 Å². The summed E-state index contributed by atoms with van der Waals surface area (Å²) < 4.78 is 2.40. The molecule has 1 N–H and O–H groups in total. The zero-order valence-corrected chi connectivity index (χ0v) is 12.7. The van der Waals surface area contributed by atoms with Crippen molar-refractivity contribution in [3.05, 3.63) is 18.2 Å². The Morgan fingerprint density at radius 2 is 2.30 bits per heavy atom. The standard InChI is InChI=1S/C16H28N4/c1-2-8-19(11-14-4-3-7-17-9-14)12-16-10-18-13-20(16)15-5-6-15/h10,13-15,17H,2-9,11-12H2,1H3. The van der Waals surface area contributed by atoms with Crippen LogP contribution in [0, 0.1) is 5.92 Å². The highest BCUT2D eigenvalue weighted by molar-refractivity contribution is 5.03. The summed E-state index contributed by atoms with van der Waals surface area (Å²) in [6.45, 7) is 8.19. The molecule has 0 spiro atoms. The third-order valence-electron chi connectivity index (χ3n) is 4.53. The van der Waals surface area contributed by atoms with Crippen LogP contribution in [0.2, 0.25) is 0 Å².